The molecule has 0 heterocycles. The Bertz CT molecular complexity index is 402. The first-order valence-electron chi connectivity index (χ1n) is 5.34. The van der Waals surface area contributed by atoms with Crippen molar-refractivity contribution >= 4 is 6.29 Å². The van der Waals surface area contributed by atoms with Gasteiger partial charge in [0.1, 0.15) is 23.6 Å². The van der Waals surface area contributed by atoms with Gasteiger partial charge in [-0.05, 0) is 24.6 Å². The average Bonchev–Trinajstić information content (AvgIpc) is 2.33. The van der Waals surface area contributed by atoms with Gasteiger partial charge in [-0.3, -0.25) is 0 Å². The van der Waals surface area contributed by atoms with Gasteiger partial charge < -0.3 is 9.53 Å². The van der Waals surface area contributed by atoms with E-state index in [-0.39, 0.29) is 11.7 Å². The van der Waals surface area contributed by atoms with Gasteiger partial charge in [-0.1, -0.05) is 12.2 Å². The summed E-state index contributed by atoms with van der Waals surface area (Å²) in [6.45, 7) is 0. The molecule has 0 saturated carbocycles. The van der Waals surface area contributed by atoms with Gasteiger partial charge in [0.15, 0.2) is 0 Å². The van der Waals surface area contributed by atoms with E-state index in [1.165, 1.54) is 6.08 Å². The lowest BCUT2D eigenvalue weighted by atomic mass is 10.00. The zero-order chi connectivity index (χ0) is 11.4. The maximum absolute atomic E-state index is 12.8. The van der Waals surface area contributed by atoms with Crippen LogP contribution in [0.25, 0.3) is 0 Å². The normalized spacial score (nSPS) is 24.3. The summed E-state index contributed by atoms with van der Waals surface area (Å²) in [4.78, 5) is 10.8. The molecule has 2 nitrogen and oxygen atoms in total. The highest BCUT2D eigenvalue weighted by Crippen LogP contribution is 2.27. The van der Waals surface area contributed by atoms with Gasteiger partial charge in [0, 0.05) is 12.8 Å². The number of ether oxygens (including phenoxy) is 1. The standard InChI is InChI=1S/C13H13FO2/c14-11-5-7-12(8-6-11)16-13-4-2-1-3-10(13)9-15/h1-2,4-5,7,9-10H,3,6,8H2. The van der Waals surface area contributed by atoms with Gasteiger partial charge in [0.05, 0.1) is 5.92 Å². The van der Waals surface area contributed by atoms with Gasteiger partial charge in [0.2, 0.25) is 0 Å². The van der Waals surface area contributed by atoms with Gasteiger partial charge in [-0.15, -0.1) is 0 Å². The highest BCUT2D eigenvalue weighted by atomic mass is 19.1. The number of hydrogen-bond donors (Lipinski definition) is 0. The first-order valence-corrected chi connectivity index (χ1v) is 5.34. The fourth-order valence-electron chi connectivity index (χ4n) is 1.69. The fourth-order valence-corrected chi connectivity index (χ4v) is 1.69. The van der Waals surface area contributed by atoms with E-state index in [4.69, 9.17) is 4.74 Å². The fraction of sp³-hybridized carbons (Fsp3) is 0.308. The summed E-state index contributed by atoms with van der Waals surface area (Å²) in [5.41, 5.74) is 0. The lowest BCUT2D eigenvalue weighted by molar-refractivity contribution is -0.110. The second-order valence-electron chi connectivity index (χ2n) is 3.82. The molecule has 1 atom stereocenters. The van der Waals surface area contributed by atoms with E-state index >= 15 is 0 Å². The number of hydrogen-bond acceptors (Lipinski definition) is 2. The maximum Gasteiger partial charge on any atom is 0.130 e. The predicted octanol–water partition coefficient (Wildman–Crippen LogP) is 3.19. The molecular formula is C13H13FO2. The van der Waals surface area contributed by atoms with Gasteiger partial charge in [-0.25, -0.2) is 4.39 Å². The summed E-state index contributed by atoms with van der Waals surface area (Å²) in [5.74, 6) is 1.03. The molecule has 84 valence electrons. The van der Waals surface area contributed by atoms with Crippen LogP contribution in [0, 0.1) is 5.92 Å². The smallest absolute Gasteiger partial charge is 0.130 e. The highest BCUT2D eigenvalue weighted by Gasteiger charge is 2.18. The van der Waals surface area contributed by atoms with E-state index in [0.29, 0.717) is 25.0 Å². The molecule has 0 radical (unpaired) electrons. The molecule has 2 aliphatic carbocycles. The minimum atomic E-state index is -0.207. The second kappa shape index (κ2) is 4.92. The first-order chi connectivity index (χ1) is 7.79. The minimum absolute atomic E-state index is 0.128. The Hall–Kier alpha value is -1.64. The topological polar surface area (TPSA) is 26.3 Å². The van der Waals surface area contributed by atoms with Crippen LogP contribution in [0.2, 0.25) is 0 Å². The van der Waals surface area contributed by atoms with Crippen LogP contribution < -0.4 is 0 Å². The van der Waals surface area contributed by atoms with Crippen LogP contribution in [0.15, 0.2) is 47.7 Å². The number of carbonyl (C=O) groups excluding carboxylic acids is 1. The van der Waals surface area contributed by atoms with E-state index < -0.39 is 0 Å². The third-order valence-corrected chi connectivity index (χ3v) is 2.63. The van der Waals surface area contributed by atoms with Crippen LogP contribution in [-0.2, 0) is 9.53 Å². The maximum atomic E-state index is 12.8. The predicted molar refractivity (Wildman–Crippen MR) is 59.0 cm³/mol. The van der Waals surface area contributed by atoms with Crippen LogP contribution in [-0.4, -0.2) is 6.29 Å². The summed E-state index contributed by atoms with van der Waals surface area (Å²) >= 11 is 0. The Morgan fingerprint density at radius 1 is 1.31 bits per heavy atom. The minimum Gasteiger partial charge on any atom is -0.465 e. The molecule has 0 fully saturated rings. The zero-order valence-electron chi connectivity index (χ0n) is 8.86. The van der Waals surface area contributed by atoms with Crippen LogP contribution >= 0.6 is 0 Å². The molecule has 0 saturated heterocycles. The Balaban J connectivity index is 2.06. The third-order valence-electron chi connectivity index (χ3n) is 2.63. The molecule has 2 aliphatic rings. The molecule has 0 bridgehead atoms. The lowest BCUT2D eigenvalue weighted by Gasteiger charge is -2.19. The van der Waals surface area contributed by atoms with E-state index in [1.807, 2.05) is 12.2 Å². The highest BCUT2D eigenvalue weighted by molar-refractivity contribution is 5.59. The summed E-state index contributed by atoms with van der Waals surface area (Å²) in [6.07, 6.45) is 11.1. The molecule has 0 aromatic heterocycles. The van der Waals surface area contributed by atoms with Gasteiger partial charge in [0.25, 0.3) is 0 Å². The SMILES string of the molecule is O=CC1CC=CC=C1OC1=CC=C(F)CC1. The molecule has 0 N–H and O–H groups in total. The van der Waals surface area contributed by atoms with E-state index in [0.717, 1.165) is 12.0 Å². The summed E-state index contributed by atoms with van der Waals surface area (Å²) in [6, 6.07) is 0. The van der Waals surface area contributed by atoms with E-state index in [2.05, 4.69) is 0 Å². The number of carbonyl (C=O) groups is 1. The average molecular weight is 220 g/mol. The lowest BCUT2D eigenvalue weighted by Crippen LogP contribution is -2.11. The third kappa shape index (κ3) is 2.48. The van der Waals surface area contributed by atoms with Crippen molar-refractivity contribution in [2.45, 2.75) is 19.3 Å². The Morgan fingerprint density at radius 3 is 2.88 bits per heavy atom. The molecule has 2 rings (SSSR count). The quantitative estimate of drug-likeness (QED) is 0.683. The molecule has 3 heteroatoms. The second-order valence-corrected chi connectivity index (χ2v) is 3.82. The van der Waals surface area contributed by atoms with Crippen molar-refractivity contribution in [3.05, 3.63) is 47.7 Å². The molecule has 0 amide bonds. The van der Waals surface area contributed by atoms with Crippen molar-refractivity contribution in [3.63, 3.8) is 0 Å². The number of aldehydes is 1. The zero-order valence-corrected chi connectivity index (χ0v) is 8.86. The van der Waals surface area contributed by atoms with Crippen LogP contribution in [0.1, 0.15) is 19.3 Å². The Labute approximate surface area is 93.8 Å². The summed E-state index contributed by atoms with van der Waals surface area (Å²) < 4.78 is 18.4. The monoisotopic (exact) mass is 220 g/mol. The van der Waals surface area contributed by atoms with Crippen LogP contribution in [0.4, 0.5) is 4.39 Å². The van der Waals surface area contributed by atoms with Gasteiger partial charge >= 0.3 is 0 Å². The van der Waals surface area contributed by atoms with Crippen molar-refractivity contribution in [1.29, 1.82) is 0 Å². The van der Waals surface area contributed by atoms with Crippen molar-refractivity contribution in [2.24, 2.45) is 5.92 Å². The molecule has 1 unspecified atom stereocenters. The first kappa shape index (κ1) is 10.9. The van der Waals surface area contributed by atoms with Crippen LogP contribution in [0.3, 0.4) is 0 Å². The van der Waals surface area contributed by atoms with Crippen molar-refractivity contribution in [1.82, 2.24) is 0 Å². The van der Waals surface area contributed by atoms with E-state index in [9.17, 15) is 9.18 Å². The number of halogens is 1. The van der Waals surface area contributed by atoms with Crippen molar-refractivity contribution < 1.29 is 13.9 Å². The summed E-state index contributed by atoms with van der Waals surface area (Å²) in [7, 11) is 0. The molecule has 16 heavy (non-hydrogen) atoms. The Morgan fingerprint density at radius 2 is 2.19 bits per heavy atom. The van der Waals surface area contributed by atoms with Crippen molar-refractivity contribution in [2.75, 3.05) is 0 Å². The molecule has 0 aromatic carbocycles. The molecular weight excluding hydrogens is 207 g/mol. The molecule has 0 aliphatic heterocycles. The van der Waals surface area contributed by atoms with E-state index in [1.54, 1.807) is 12.2 Å². The number of allylic oxidation sites excluding steroid dienone is 8. The van der Waals surface area contributed by atoms with Gasteiger partial charge in [-0.2, -0.15) is 0 Å². The number of rotatable bonds is 3. The Kier molecular flexibility index (Phi) is 3.34. The summed E-state index contributed by atoms with van der Waals surface area (Å²) in [5, 5.41) is 0. The van der Waals surface area contributed by atoms with Crippen molar-refractivity contribution in [3.8, 4) is 0 Å². The molecule has 0 spiro atoms. The molecule has 0 aromatic rings. The van der Waals surface area contributed by atoms with Crippen LogP contribution in [0.5, 0.6) is 0 Å². The largest absolute Gasteiger partial charge is 0.465 e.